The Morgan fingerprint density at radius 3 is 2.87 bits per heavy atom. The van der Waals surface area contributed by atoms with Crippen LogP contribution in [0.2, 0.25) is 0 Å². The van der Waals surface area contributed by atoms with Crippen molar-refractivity contribution in [3.05, 3.63) is 89.0 Å². The van der Waals surface area contributed by atoms with E-state index in [0.717, 1.165) is 41.9 Å². The van der Waals surface area contributed by atoms with Crippen molar-refractivity contribution < 1.29 is 4.79 Å². The maximum Gasteiger partial charge on any atom is 0.251 e. The smallest absolute Gasteiger partial charge is 0.251 e. The lowest BCUT2D eigenvalue weighted by Crippen LogP contribution is -2.31. The summed E-state index contributed by atoms with van der Waals surface area (Å²) in [7, 11) is 0. The highest BCUT2D eigenvalue weighted by molar-refractivity contribution is 5.95. The third kappa shape index (κ3) is 3.65. The van der Waals surface area contributed by atoms with Crippen LogP contribution in [-0.2, 0) is 6.42 Å². The number of aryl methyl sites for hydroxylation is 2. The largest absolute Gasteiger partial charge is 0.345 e. The van der Waals surface area contributed by atoms with Gasteiger partial charge in [0.25, 0.3) is 5.91 Å². The molecule has 1 amide bonds. The number of rotatable bonds is 4. The Morgan fingerprint density at radius 2 is 2.06 bits per heavy atom. The van der Waals surface area contributed by atoms with Crippen LogP contribution in [0.1, 0.15) is 51.6 Å². The van der Waals surface area contributed by atoms with Gasteiger partial charge in [-0.05, 0) is 68.5 Å². The van der Waals surface area contributed by atoms with Gasteiger partial charge in [-0.25, -0.2) is 9.67 Å². The van der Waals surface area contributed by atoms with Gasteiger partial charge in [-0.15, -0.1) is 0 Å². The minimum absolute atomic E-state index is 0.0381. The molecule has 0 bridgehead atoms. The van der Waals surface area contributed by atoms with Crippen LogP contribution in [0.4, 0.5) is 0 Å². The maximum atomic E-state index is 13.0. The number of hydrogen-bond acceptors (Lipinski definition) is 3. The lowest BCUT2D eigenvalue weighted by Gasteiger charge is -2.24. The van der Waals surface area contributed by atoms with Gasteiger partial charge in [0.05, 0.1) is 17.9 Å². The van der Waals surface area contributed by atoms with Crippen LogP contribution in [0.25, 0.3) is 17.1 Å². The summed E-state index contributed by atoms with van der Waals surface area (Å²) in [6.45, 7) is 4.23. The van der Waals surface area contributed by atoms with E-state index in [1.54, 1.807) is 12.4 Å². The van der Waals surface area contributed by atoms with Gasteiger partial charge in [-0.2, -0.15) is 5.10 Å². The molecular weight excluding hydrogens is 386 g/mol. The Hall–Kier alpha value is -3.67. The number of carbonyl (C=O) groups is 1. The number of imidazole rings is 1. The minimum Gasteiger partial charge on any atom is -0.345 e. The molecule has 0 unspecified atom stereocenters. The van der Waals surface area contributed by atoms with Crippen molar-refractivity contribution >= 4 is 5.91 Å². The minimum atomic E-state index is -0.0785. The van der Waals surface area contributed by atoms with Gasteiger partial charge in [0.2, 0.25) is 0 Å². The van der Waals surface area contributed by atoms with Crippen molar-refractivity contribution in [1.29, 1.82) is 0 Å². The highest BCUT2D eigenvalue weighted by atomic mass is 16.1. The van der Waals surface area contributed by atoms with Crippen molar-refractivity contribution in [2.75, 3.05) is 0 Å². The maximum absolute atomic E-state index is 13.0. The first kappa shape index (κ1) is 19.3. The molecule has 0 fully saturated rings. The van der Waals surface area contributed by atoms with Gasteiger partial charge < -0.3 is 10.3 Å². The molecule has 6 nitrogen and oxygen atoms in total. The van der Waals surface area contributed by atoms with E-state index in [1.807, 2.05) is 35.1 Å². The lowest BCUT2D eigenvalue weighted by molar-refractivity contribution is 0.0932. The quantitative estimate of drug-likeness (QED) is 0.512. The van der Waals surface area contributed by atoms with Crippen molar-refractivity contribution in [1.82, 2.24) is 25.1 Å². The second-order valence-electron chi connectivity index (χ2n) is 8.16. The molecule has 2 aromatic heterocycles. The Labute approximate surface area is 181 Å². The summed E-state index contributed by atoms with van der Waals surface area (Å²) in [4.78, 5) is 20.4. The van der Waals surface area contributed by atoms with Gasteiger partial charge in [0.15, 0.2) is 0 Å². The Morgan fingerprint density at radius 1 is 1.16 bits per heavy atom. The van der Waals surface area contributed by atoms with Gasteiger partial charge in [-0.1, -0.05) is 18.2 Å². The summed E-state index contributed by atoms with van der Waals surface area (Å²) >= 11 is 0. The van der Waals surface area contributed by atoms with E-state index in [1.165, 1.54) is 16.8 Å². The van der Waals surface area contributed by atoms with Crippen LogP contribution in [0.5, 0.6) is 0 Å². The molecule has 0 aliphatic heterocycles. The van der Waals surface area contributed by atoms with Crippen molar-refractivity contribution in [2.24, 2.45) is 0 Å². The normalized spacial score (nSPS) is 15.5. The molecular formula is C25H25N5O. The number of aromatic nitrogens is 4. The van der Waals surface area contributed by atoms with Crippen molar-refractivity contribution in [3.8, 4) is 17.1 Å². The summed E-state index contributed by atoms with van der Waals surface area (Å²) in [5.41, 5.74) is 7.41. The van der Waals surface area contributed by atoms with E-state index >= 15 is 0 Å². The van der Waals surface area contributed by atoms with E-state index in [0.29, 0.717) is 5.56 Å². The number of H-pyrrole nitrogens is 1. The fourth-order valence-corrected chi connectivity index (χ4v) is 4.26. The predicted molar refractivity (Wildman–Crippen MR) is 120 cm³/mol. The second kappa shape index (κ2) is 7.87. The van der Waals surface area contributed by atoms with Crippen LogP contribution in [-0.4, -0.2) is 25.7 Å². The van der Waals surface area contributed by atoms with Gasteiger partial charge >= 0.3 is 0 Å². The topological polar surface area (TPSA) is 75.6 Å². The molecule has 2 aromatic carbocycles. The fourth-order valence-electron chi connectivity index (χ4n) is 4.26. The summed E-state index contributed by atoms with van der Waals surface area (Å²) in [5.74, 6) is 0.675. The number of aromatic amines is 1. The van der Waals surface area contributed by atoms with Crippen LogP contribution in [0.3, 0.4) is 0 Å². The fraction of sp³-hybridized carbons (Fsp3) is 0.240. The van der Waals surface area contributed by atoms with Crippen LogP contribution >= 0.6 is 0 Å². The number of nitrogens with one attached hydrogen (secondary N) is 2. The van der Waals surface area contributed by atoms with Crippen molar-refractivity contribution in [2.45, 2.75) is 39.2 Å². The summed E-state index contributed by atoms with van der Waals surface area (Å²) in [6.07, 6.45) is 8.28. The number of fused-ring (bicyclic) bond motifs is 1. The lowest BCUT2D eigenvalue weighted by atomic mass is 9.92. The number of carbonyl (C=O) groups excluding carboxylic acids is 1. The van der Waals surface area contributed by atoms with Gasteiger partial charge in [0, 0.05) is 34.8 Å². The van der Waals surface area contributed by atoms with E-state index in [4.69, 9.17) is 0 Å². The summed E-state index contributed by atoms with van der Waals surface area (Å²) < 4.78 is 2.03. The monoisotopic (exact) mass is 411 g/mol. The summed E-state index contributed by atoms with van der Waals surface area (Å²) in [5, 5.41) is 7.90. The van der Waals surface area contributed by atoms with E-state index < -0.39 is 0 Å². The van der Waals surface area contributed by atoms with Gasteiger partial charge in [0.1, 0.15) is 5.82 Å². The highest BCUT2D eigenvalue weighted by Crippen LogP contribution is 2.32. The molecule has 0 spiro atoms. The molecule has 1 aliphatic carbocycles. The second-order valence-corrected chi connectivity index (χ2v) is 8.16. The SMILES string of the molecule is Cc1ccc(-n2ncc3c2CCC[C@H]3NC(=O)c2cccc(-c3ncc[nH]3)c2)cc1C. The molecule has 31 heavy (non-hydrogen) atoms. The molecule has 0 saturated carbocycles. The molecule has 2 heterocycles. The van der Waals surface area contributed by atoms with Crippen LogP contribution in [0, 0.1) is 13.8 Å². The molecule has 5 rings (SSSR count). The zero-order valence-electron chi connectivity index (χ0n) is 17.7. The summed E-state index contributed by atoms with van der Waals surface area (Å²) in [6, 6.07) is 13.9. The zero-order valence-corrected chi connectivity index (χ0v) is 17.7. The first-order valence-electron chi connectivity index (χ1n) is 10.7. The number of benzene rings is 2. The predicted octanol–water partition coefficient (Wildman–Crippen LogP) is 4.69. The highest BCUT2D eigenvalue weighted by Gasteiger charge is 2.26. The molecule has 2 N–H and O–H groups in total. The zero-order chi connectivity index (χ0) is 21.4. The average Bonchev–Trinajstić information content (AvgIpc) is 3.47. The first-order valence-corrected chi connectivity index (χ1v) is 10.7. The van der Waals surface area contributed by atoms with Crippen LogP contribution < -0.4 is 5.32 Å². The molecule has 6 heteroatoms. The third-order valence-corrected chi connectivity index (χ3v) is 6.12. The average molecular weight is 412 g/mol. The number of nitrogens with zero attached hydrogens (tertiary/aromatic N) is 3. The van der Waals surface area contributed by atoms with Crippen LogP contribution in [0.15, 0.2) is 61.1 Å². The number of hydrogen-bond donors (Lipinski definition) is 2. The molecule has 4 aromatic rings. The van der Waals surface area contributed by atoms with E-state index in [2.05, 4.69) is 52.4 Å². The van der Waals surface area contributed by atoms with E-state index in [9.17, 15) is 4.79 Å². The molecule has 156 valence electrons. The standard InChI is InChI=1S/C25H25N5O/c1-16-9-10-20(13-17(16)2)30-23-8-4-7-22(21(23)15-28-30)29-25(31)19-6-3-5-18(14-19)24-26-11-12-27-24/h3,5-6,9-15,22H,4,7-8H2,1-2H3,(H,26,27)(H,29,31)/t22-/m1/s1. The third-order valence-electron chi connectivity index (χ3n) is 6.12. The molecule has 1 aliphatic rings. The molecule has 0 radical (unpaired) electrons. The van der Waals surface area contributed by atoms with Crippen molar-refractivity contribution in [3.63, 3.8) is 0 Å². The molecule has 1 atom stereocenters. The first-order chi connectivity index (χ1) is 15.1. The Bertz CT molecular complexity index is 1240. The van der Waals surface area contributed by atoms with Gasteiger partial charge in [-0.3, -0.25) is 4.79 Å². The number of amides is 1. The Kier molecular flexibility index (Phi) is 4.90. The van der Waals surface area contributed by atoms with E-state index in [-0.39, 0.29) is 11.9 Å². The molecule has 0 saturated heterocycles. The Balaban J connectivity index is 1.40.